The van der Waals surface area contributed by atoms with Crippen molar-refractivity contribution in [1.29, 1.82) is 0 Å². The molecule has 0 aromatic heterocycles. The van der Waals surface area contributed by atoms with E-state index < -0.39 is 21.0 Å². The molecule has 11 heteroatoms. The maximum Gasteiger partial charge on any atom is 0.483 e. The molecule has 1 atom stereocenters. The second kappa shape index (κ2) is 4.13. The van der Waals surface area contributed by atoms with Gasteiger partial charge in [0.15, 0.2) is 0 Å². The highest BCUT2D eigenvalue weighted by Crippen LogP contribution is 2.50. The average Bonchev–Trinajstić information content (AvgIpc) is 1.77. The molecule has 92 valence electrons. The third kappa shape index (κ3) is 3.84. The first-order chi connectivity index (χ1) is 6.21. The van der Waals surface area contributed by atoms with E-state index in [1.54, 1.807) is 0 Å². The van der Waals surface area contributed by atoms with Crippen LogP contribution in [0.2, 0.25) is 0 Å². The van der Waals surface area contributed by atoms with Crippen LogP contribution in [0.5, 0.6) is 0 Å². The topological polar surface area (TPSA) is 9.23 Å². The van der Waals surface area contributed by atoms with Crippen molar-refractivity contribution in [1.82, 2.24) is 0 Å². The summed E-state index contributed by atoms with van der Waals surface area (Å²) in [6.07, 6.45) is -12.3. The van der Waals surface area contributed by atoms with Crippen molar-refractivity contribution in [2.75, 3.05) is 0 Å². The largest absolute Gasteiger partial charge is 0.483 e. The summed E-state index contributed by atoms with van der Waals surface area (Å²) in [6.45, 7) is 0. The maximum atomic E-state index is 12.6. The van der Waals surface area contributed by atoms with E-state index in [4.69, 9.17) is 0 Å². The van der Waals surface area contributed by atoms with Gasteiger partial charge in [0.2, 0.25) is 0 Å². The molecule has 0 spiro atoms. The zero-order valence-corrected chi connectivity index (χ0v) is 9.93. The molecule has 0 amide bonds. The lowest BCUT2D eigenvalue weighted by atomic mass is 10.6. The van der Waals surface area contributed by atoms with Gasteiger partial charge < -0.3 is 0 Å². The Labute approximate surface area is 99.4 Å². The van der Waals surface area contributed by atoms with Gasteiger partial charge in [-0.15, -0.1) is 0 Å². The van der Waals surface area contributed by atoms with Gasteiger partial charge in [-0.2, -0.15) is 35.1 Å². The van der Waals surface area contributed by atoms with E-state index in [2.05, 4.69) is 4.74 Å². The maximum absolute atomic E-state index is 12.6. The van der Waals surface area contributed by atoms with Crippen molar-refractivity contribution < 1.29 is 39.9 Å². The summed E-state index contributed by atoms with van der Waals surface area (Å²) in [5.41, 5.74) is 0. The first-order valence-electron chi connectivity index (χ1n) is 2.80. The van der Waals surface area contributed by atoms with Gasteiger partial charge in [0.1, 0.15) is 0 Å². The van der Waals surface area contributed by atoms with Crippen LogP contribution in [0, 0.1) is 0 Å². The van der Waals surface area contributed by atoms with Gasteiger partial charge >= 0.3 is 21.0 Å². The summed E-state index contributed by atoms with van der Waals surface area (Å²) in [4.78, 5) is 0. The zero-order chi connectivity index (χ0) is 12.7. The van der Waals surface area contributed by atoms with Crippen LogP contribution >= 0.6 is 38.5 Å². The van der Waals surface area contributed by atoms with Gasteiger partial charge in [-0.1, -0.05) is 0 Å². The quantitative estimate of drug-likeness (QED) is 0.376. The highest BCUT2D eigenvalue weighted by molar-refractivity contribution is 14.1. The second-order valence-electron chi connectivity index (χ2n) is 2.13. The predicted molar refractivity (Wildman–Crippen MR) is 43.8 cm³/mol. The number of rotatable bonds is 3. The van der Waals surface area contributed by atoms with Gasteiger partial charge in [-0.05, 0) is 15.9 Å². The number of alkyl halides is 10. The van der Waals surface area contributed by atoms with Crippen molar-refractivity contribution in [3.8, 4) is 0 Å². The first kappa shape index (κ1) is 15.6. The Morgan fingerprint density at radius 3 is 1.40 bits per heavy atom. The SMILES string of the molecule is FC(F)(F)C(F)(F)OC(F)(Br)C(F)(F)I. The molecule has 0 saturated heterocycles. The molecule has 1 nitrogen and oxygen atoms in total. The van der Waals surface area contributed by atoms with Crippen LogP contribution < -0.4 is 0 Å². The fourth-order valence-corrected chi connectivity index (χ4v) is 0.590. The van der Waals surface area contributed by atoms with E-state index in [0.717, 1.165) is 0 Å². The van der Waals surface area contributed by atoms with E-state index in [1.165, 1.54) is 15.9 Å². The molecule has 0 aliphatic heterocycles. The fraction of sp³-hybridized carbons (Fsp3) is 1.00. The lowest BCUT2D eigenvalue weighted by Gasteiger charge is -2.29. The number of hydrogen-bond acceptors (Lipinski definition) is 1. The molecule has 0 rings (SSSR count). The lowest BCUT2D eigenvalue weighted by molar-refractivity contribution is -0.427. The molecule has 1 unspecified atom stereocenters. The van der Waals surface area contributed by atoms with Crippen LogP contribution in [0.1, 0.15) is 0 Å². The number of halogens is 10. The molecular formula is C4BrF8IO. The fourth-order valence-electron chi connectivity index (χ4n) is 0.277. The Balaban J connectivity index is 4.89. The minimum absolute atomic E-state index is 0.00668. The Hall–Kier alpha value is 0.610. The van der Waals surface area contributed by atoms with Crippen molar-refractivity contribution in [2.45, 2.75) is 21.0 Å². The molecule has 0 aromatic carbocycles. The predicted octanol–water partition coefficient (Wildman–Crippen LogP) is 4.20. The van der Waals surface area contributed by atoms with Crippen molar-refractivity contribution >= 4 is 38.5 Å². The highest BCUT2D eigenvalue weighted by atomic mass is 127. The molecule has 0 fully saturated rings. The van der Waals surface area contributed by atoms with Gasteiger partial charge in [0.25, 0.3) is 0 Å². The zero-order valence-electron chi connectivity index (χ0n) is 6.19. The third-order valence-electron chi connectivity index (χ3n) is 0.916. The molecule has 0 heterocycles. The standard InChI is InChI=1S/C4BrF8IO/c5-1(6,3(10,11)14)15-4(12,13)2(7,8)9. The van der Waals surface area contributed by atoms with Gasteiger partial charge in [-0.25, -0.2) is 0 Å². The summed E-state index contributed by atoms with van der Waals surface area (Å²) < 4.78 is 88.4. The van der Waals surface area contributed by atoms with Crippen LogP contribution in [-0.2, 0) is 4.74 Å². The smallest absolute Gasteiger partial charge is 0.260 e. The molecule has 0 radical (unpaired) electrons. The van der Waals surface area contributed by atoms with Gasteiger partial charge in [0.05, 0.1) is 0 Å². The van der Waals surface area contributed by atoms with Gasteiger partial charge in [-0.3, -0.25) is 4.74 Å². The Morgan fingerprint density at radius 1 is 0.867 bits per heavy atom. The summed E-state index contributed by atoms with van der Waals surface area (Å²) in [5, 5.41) is 0. The molecule has 0 aromatic rings. The van der Waals surface area contributed by atoms with Crippen LogP contribution in [0.3, 0.4) is 0 Å². The lowest BCUT2D eigenvalue weighted by Crippen LogP contribution is -2.48. The van der Waals surface area contributed by atoms with Crippen LogP contribution in [0.15, 0.2) is 0 Å². The third-order valence-corrected chi connectivity index (χ3v) is 3.01. The minimum Gasteiger partial charge on any atom is -0.260 e. The van der Waals surface area contributed by atoms with E-state index >= 15 is 0 Å². The monoisotopic (exact) mass is 422 g/mol. The highest BCUT2D eigenvalue weighted by Gasteiger charge is 2.67. The molecule has 0 aliphatic rings. The number of ether oxygens (including phenoxy) is 1. The normalized spacial score (nSPS) is 18.8. The van der Waals surface area contributed by atoms with Crippen LogP contribution in [0.25, 0.3) is 0 Å². The van der Waals surface area contributed by atoms with Crippen molar-refractivity contribution in [3.63, 3.8) is 0 Å². The Morgan fingerprint density at radius 2 is 1.20 bits per heavy atom. The molecule has 0 saturated carbocycles. The van der Waals surface area contributed by atoms with Gasteiger partial charge in [0, 0.05) is 22.6 Å². The van der Waals surface area contributed by atoms with Crippen LogP contribution in [0.4, 0.5) is 35.1 Å². The second-order valence-corrected chi connectivity index (χ2v) is 4.51. The summed E-state index contributed by atoms with van der Waals surface area (Å²) in [6, 6.07) is 0. The summed E-state index contributed by atoms with van der Waals surface area (Å²) >= 11 is 1.31. The van der Waals surface area contributed by atoms with E-state index in [-0.39, 0.29) is 22.6 Å². The molecular weight excluding hydrogens is 423 g/mol. The van der Waals surface area contributed by atoms with Crippen LogP contribution in [-0.4, -0.2) is 21.0 Å². The average molecular weight is 423 g/mol. The minimum atomic E-state index is -6.29. The molecule has 15 heavy (non-hydrogen) atoms. The number of hydrogen-bond donors (Lipinski definition) is 0. The molecule has 0 bridgehead atoms. The Kier molecular flexibility index (Phi) is 4.29. The summed E-state index contributed by atoms with van der Waals surface area (Å²) in [5.74, 6) is 0. The van der Waals surface area contributed by atoms with E-state index in [0.29, 0.717) is 0 Å². The van der Waals surface area contributed by atoms with E-state index in [1.807, 2.05) is 0 Å². The van der Waals surface area contributed by atoms with Crippen molar-refractivity contribution in [3.05, 3.63) is 0 Å². The van der Waals surface area contributed by atoms with E-state index in [9.17, 15) is 35.1 Å². The Bertz CT molecular complexity index is 208. The molecule has 0 N–H and O–H groups in total. The molecule has 0 aliphatic carbocycles. The first-order valence-corrected chi connectivity index (χ1v) is 4.67. The summed E-state index contributed by atoms with van der Waals surface area (Å²) in [7, 11) is 0. The van der Waals surface area contributed by atoms with Crippen molar-refractivity contribution in [2.24, 2.45) is 0 Å².